The number of fused-ring (bicyclic) bond motifs is 1. The zero-order chi connectivity index (χ0) is 22.3. The first-order valence-corrected chi connectivity index (χ1v) is 11.5. The first kappa shape index (κ1) is 21.6. The summed E-state index contributed by atoms with van der Waals surface area (Å²) in [5.41, 5.74) is 1.75. The van der Waals surface area contributed by atoms with Crippen molar-refractivity contribution in [3.63, 3.8) is 0 Å². The maximum atomic E-state index is 12.8. The maximum Gasteiger partial charge on any atom is 0.251 e. The van der Waals surface area contributed by atoms with Crippen LogP contribution < -0.4 is 10.6 Å². The van der Waals surface area contributed by atoms with E-state index in [1.807, 2.05) is 12.1 Å². The normalized spacial score (nSPS) is 28.6. The monoisotopic (exact) mass is 442 g/mol. The number of carbonyl (C=O) groups is 2. The van der Waals surface area contributed by atoms with Crippen LogP contribution in [-0.2, 0) is 20.8 Å². The minimum atomic E-state index is -0.774. The summed E-state index contributed by atoms with van der Waals surface area (Å²) in [5, 5.41) is 25.0. The van der Waals surface area contributed by atoms with Crippen LogP contribution in [-0.4, -0.2) is 59.3 Å². The Balaban J connectivity index is 1.22. The van der Waals surface area contributed by atoms with Crippen molar-refractivity contribution >= 4 is 11.8 Å². The average molecular weight is 443 g/mol. The maximum absolute atomic E-state index is 12.8. The van der Waals surface area contributed by atoms with Crippen LogP contribution in [0.4, 0.5) is 0 Å². The Labute approximate surface area is 187 Å². The number of nitrogens with one attached hydrogen (secondary N) is 2. The molecule has 2 saturated carbocycles. The first-order chi connectivity index (χ1) is 15.5. The summed E-state index contributed by atoms with van der Waals surface area (Å²) in [6.45, 7) is 0.321. The van der Waals surface area contributed by atoms with Crippen LogP contribution in [0.25, 0.3) is 0 Å². The fourth-order valence-electron chi connectivity index (χ4n) is 4.87. The van der Waals surface area contributed by atoms with E-state index >= 15 is 0 Å². The SMILES string of the molecule is O=C(NCc1cccc(C(=O)NCCO)c1)C1=CC2OC(C3CC3)(C3CC3)OC2C(O)C1. The summed E-state index contributed by atoms with van der Waals surface area (Å²) in [4.78, 5) is 24.9. The number of hydrogen-bond donors (Lipinski definition) is 4. The van der Waals surface area contributed by atoms with E-state index in [9.17, 15) is 14.7 Å². The molecule has 8 heteroatoms. The van der Waals surface area contributed by atoms with Gasteiger partial charge in [-0.3, -0.25) is 9.59 Å². The molecule has 0 radical (unpaired) electrons. The van der Waals surface area contributed by atoms with Crippen LogP contribution in [0.3, 0.4) is 0 Å². The summed E-state index contributed by atoms with van der Waals surface area (Å²) in [5.74, 6) is -0.294. The van der Waals surface area contributed by atoms with Crippen LogP contribution in [0.15, 0.2) is 35.9 Å². The van der Waals surface area contributed by atoms with E-state index in [1.165, 1.54) is 0 Å². The molecular formula is C24H30N2O6. The van der Waals surface area contributed by atoms with Gasteiger partial charge in [0.1, 0.15) is 12.2 Å². The fourth-order valence-corrected chi connectivity index (χ4v) is 4.87. The van der Waals surface area contributed by atoms with Crippen LogP contribution in [0.1, 0.15) is 48.0 Å². The quantitative estimate of drug-likeness (QED) is 0.478. The topological polar surface area (TPSA) is 117 Å². The highest BCUT2D eigenvalue weighted by Crippen LogP contribution is 2.59. The number of rotatable bonds is 8. The molecule has 2 amide bonds. The fraction of sp³-hybridized carbons (Fsp3) is 0.583. The molecule has 3 atom stereocenters. The number of ether oxygens (including phenoxy) is 2. The minimum absolute atomic E-state index is 0.124. The van der Waals surface area contributed by atoms with Crippen molar-refractivity contribution in [1.29, 1.82) is 0 Å². The zero-order valence-electron chi connectivity index (χ0n) is 18.0. The van der Waals surface area contributed by atoms with Crippen molar-refractivity contribution in [2.75, 3.05) is 13.2 Å². The molecule has 3 unspecified atom stereocenters. The van der Waals surface area contributed by atoms with E-state index in [0.29, 0.717) is 23.0 Å². The van der Waals surface area contributed by atoms with E-state index < -0.39 is 24.1 Å². The number of aliphatic hydroxyl groups is 2. The number of carbonyl (C=O) groups excluding carboxylic acids is 2. The predicted molar refractivity (Wildman–Crippen MR) is 114 cm³/mol. The Morgan fingerprint density at radius 1 is 1.06 bits per heavy atom. The number of amides is 2. The van der Waals surface area contributed by atoms with Gasteiger partial charge in [-0.25, -0.2) is 0 Å². The second kappa shape index (κ2) is 8.59. The predicted octanol–water partition coefficient (Wildman–Crippen LogP) is 1.02. The molecule has 1 aliphatic heterocycles. The third-order valence-corrected chi connectivity index (χ3v) is 6.76. The van der Waals surface area contributed by atoms with Crippen LogP contribution in [0.2, 0.25) is 0 Å². The third-order valence-electron chi connectivity index (χ3n) is 6.76. The molecule has 3 aliphatic carbocycles. The molecule has 4 N–H and O–H groups in total. The Morgan fingerprint density at radius 2 is 1.81 bits per heavy atom. The molecule has 0 aromatic heterocycles. The third kappa shape index (κ3) is 4.20. The standard InChI is InChI=1S/C24H30N2O6/c27-9-8-25-22(29)15-3-1-2-14(10-15)13-26-23(30)16-11-19(28)21-20(12-16)31-24(32-21,17-4-5-17)18-6-7-18/h1-3,10,12,17-21,27-28H,4-9,11,13H2,(H,25,29)(H,26,30). The highest BCUT2D eigenvalue weighted by atomic mass is 16.8. The number of aliphatic hydroxyl groups excluding tert-OH is 2. The Hall–Kier alpha value is -2.26. The number of benzene rings is 1. The van der Waals surface area contributed by atoms with E-state index in [1.54, 1.807) is 18.2 Å². The lowest BCUT2D eigenvalue weighted by atomic mass is 9.92. The molecular weight excluding hydrogens is 412 g/mol. The van der Waals surface area contributed by atoms with Gasteiger partial charge in [0.25, 0.3) is 5.91 Å². The van der Waals surface area contributed by atoms with Gasteiger partial charge in [-0.1, -0.05) is 12.1 Å². The van der Waals surface area contributed by atoms with Gasteiger partial charge in [-0.2, -0.15) is 0 Å². The van der Waals surface area contributed by atoms with Gasteiger partial charge >= 0.3 is 0 Å². The highest BCUT2D eigenvalue weighted by Gasteiger charge is 2.64. The average Bonchev–Trinajstić information content (AvgIpc) is 3.73. The molecule has 3 fully saturated rings. The molecule has 1 aromatic rings. The lowest BCUT2D eigenvalue weighted by molar-refractivity contribution is -0.209. The molecule has 1 heterocycles. The van der Waals surface area contributed by atoms with Gasteiger partial charge in [0.15, 0.2) is 5.79 Å². The van der Waals surface area contributed by atoms with Gasteiger partial charge in [0.05, 0.1) is 12.7 Å². The largest absolute Gasteiger partial charge is 0.395 e. The molecule has 1 saturated heterocycles. The van der Waals surface area contributed by atoms with Crippen molar-refractivity contribution < 1.29 is 29.3 Å². The summed E-state index contributed by atoms with van der Waals surface area (Å²) in [6.07, 6.45) is 4.84. The number of hydrogen-bond acceptors (Lipinski definition) is 6. The molecule has 5 rings (SSSR count). The zero-order valence-corrected chi connectivity index (χ0v) is 18.0. The Bertz CT molecular complexity index is 911. The molecule has 32 heavy (non-hydrogen) atoms. The van der Waals surface area contributed by atoms with Crippen molar-refractivity contribution in [2.24, 2.45) is 11.8 Å². The second-order valence-electron chi connectivity index (χ2n) is 9.26. The van der Waals surface area contributed by atoms with Gasteiger partial charge < -0.3 is 30.3 Å². The van der Waals surface area contributed by atoms with Crippen molar-refractivity contribution in [3.8, 4) is 0 Å². The Kier molecular flexibility index (Phi) is 5.79. The van der Waals surface area contributed by atoms with Crippen molar-refractivity contribution in [1.82, 2.24) is 10.6 Å². The lowest BCUT2D eigenvalue weighted by Crippen LogP contribution is -2.41. The summed E-state index contributed by atoms with van der Waals surface area (Å²) in [7, 11) is 0. The first-order valence-electron chi connectivity index (χ1n) is 11.5. The molecule has 0 bridgehead atoms. The van der Waals surface area contributed by atoms with Gasteiger partial charge in [-0.15, -0.1) is 0 Å². The van der Waals surface area contributed by atoms with E-state index in [2.05, 4.69) is 10.6 Å². The summed E-state index contributed by atoms with van der Waals surface area (Å²) in [6, 6.07) is 6.97. The summed E-state index contributed by atoms with van der Waals surface area (Å²) < 4.78 is 12.7. The Morgan fingerprint density at radius 3 is 2.50 bits per heavy atom. The van der Waals surface area contributed by atoms with Crippen LogP contribution in [0, 0.1) is 11.8 Å². The van der Waals surface area contributed by atoms with Crippen molar-refractivity contribution in [2.45, 2.75) is 62.7 Å². The van der Waals surface area contributed by atoms with Crippen molar-refractivity contribution in [3.05, 3.63) is 47.0 Å². The minimum Gasteiger partial charge on any atom is -0.395 e. The smallest absolute Gasteiger partial charge is 0.251 e. The molecule has 8 nitrogen and oxygen atoms in total. The van der Waals surface area contributed by atoms with Crippen LogP contribution >= 0.6 is 0 Å². The highest BCUT2D eigenvalue weighted by molar-refractivity contribution is 5.95. The molecule has 1 aromatic carbocycles. The summed E-state index contributed by atoms with van der Waals surface area (Å²) >= 11 is 0. The second-order valence-corrected chi connectivity index (χ2v) is 9.26. The van der Waals surface area contributed by atoms with Gasteiger partial charge in [0, 0.05) is 42.5 Å². The lowest BCUT2D eigenvalue weighted by Gasteiger charge is -2.29. The van der Waals surface area contributed by atoms with E-state index in [4.69, 9.17) is 14.6 Å². The van der Waals surface area contributed by atoms with Crippen LogP contribution in [0.5, 0.6) is 0 Å². The van der Waals surface area contributed by atoms with E-state index in [-0.39, 0.29) is 37.9 Å². The van der Waals surface area contributed by atoms with Gasteiger partial charge in [-0.05, 0) is 49.5 Å². The molecule has 172 valence electrons. The van der Waals surface area contributed by atoms with E-state index in [0.717, 1.165) is 31.2 Å². The molecule has 0 spiro atoms. The van der Waals surface area contributed by atoms with Gasteiger partial charge in [0.2, 0.25) is 5.91 Å². The molecule has 4 aliphatic rings.